The molecule has 1 heterocycles. The maximum absolute atomic E-state index is 11.6. The fraction of sp³-hybridized carbons (Fsp3) is 0.933. The summed E-state index contributed by atoms with van der Waals surface area (Å²) in [5.74, 6) is 0. The van der Waals surface area contributed by atoms with Crippen LogP contribution in [0.2, 0.25) is 0 Å². The number of carbonyl (C=O) groups is 1. The minimum absolute atomic E-state index is 0.0897. The number of nitrogens with zero attached hydrogens (tertiary/aromatic N) is 1. The van der Waals surface area contributed by atoms with Crippen LogP contribution < -0.4 is 0 Å². The van der Waals surface area contributed by atoms with Crippen molar-refractivity contribution < 1.29 is 9.53 Å². The number of ether oxygens (including phenoxy) is 1. The number of hydrogen-bond acceptors (Lipinski definition) is 3. The summed E-state index contributed by atoms with van der Waals surface area (Å²) in [7, 11) is 2.16. The molecule has 0 N–H and O–H groups in total. The van der Waals surface area contributed by atoms with E-state index in [1.165, 1.54) is 32.0 Å². The second-order valence-corrected chi connectivity index (χ2v) is 6.24. The van der Waals surface area contributed by atoms with Gasteiger partial charge in [0.1, 0.15) is 6.29 Å². The lowest BCUT2D eigenvalue weighted by Gasteiger charge is -2.35. The number of likely N-dealkylation sites (N-methyl/N-ethyl adjacent to an activating group) is 1. The lowest BCUT2D eigenvalue weighted by atomic mass is 9.81. The van der Waals surface area contributed by atoms with E-state index in [4.69, 9.17) is 4.74 Å². The molecule has 1 saturated heterocycles. The maximum atomic E-state index is 11.6. The zero-order chi connectivity index (χ0) is 13.0. The number of carbonyl (C=O) groups excluding carboxylic acids is 1. The first-order valence-corrected chi connectivity index (χ1v) is 7.45. The molecular formula is C15H27NO2. The average molecular weight is 253 g/mol. The van der Waals surface area contributed by atoms with Gasteiger partial charge in [0, 0.05) is 24.6 Å². The summed E-state index contributed by atoms with van der Waals surface area (Å²) in [6.45, 7) is 3.92. The molecule has 1 aliphatic heterocycles. The van der Waals surface area contributed by atoms with Crippen molar-refractivity contribution in [1.29, 1.82) is 0 Å². The molecule has 1 aliphatic carbocycles. The summed E-state index contributed by atoms with van der Waals surface area (Å²) in [4.78, 5) is 14.0. The molecule has 2 fully saturated rings. The van der Waals surface area contributed by atoms with E-state index in [0.717, 1.165) is 32.4 Å². The zero-order valence-corrected chi connectivity index (χ0v) is 11.9. The van der Waals surface area contributed by atoms with Crippen molar-refractivity contribution in [2.24, 2.45) is 5.41 Å². The maximum Gasteiger partial charge on any atom is 0.127 e. The highest BCUT2D eigenvalue weighted by molar-refractivity contribution is 5.59. The first kappa shape index (κ1) is 14.0. The molecule has 3 heteroatoms. The van der Waals surface area contributed by atoms with E-state index in [1.807, 2.05) is 0 Å². The molecule has 2 rings (SSSR count). The smallest absolute Gasteiger partial charge is 0.127 e. The van der Waals surface area contributed by atoms with Gasteiger partial charge in [0.2, 0.25) is 0 Å². The molecular weight excluding hydrogens is 226 g/mol. The van der Waals surface area contributed by atoms with Crippen molar-refractivity contribution >= 4 is 6.29 Å². The second-order valence-electron chi connectivity index (χ2n) is 6.24. The van der Waals surface area contributed by atoms with Gasteiger partial charge >= 0.3 is 0 Å². The average Bonchev–Trinajstić information content (AvgIpc) is 2.66. The van der Waals surface area contributed by atoms with Crippen molar-refractivity contribution in [3.63, 3.8) is 0 Å². The second kappa shape index (κ2) is 6.16. The van der Waals surface area contributed by atoms with Crippen molar-refractivity contribution in [3.8, 4) is 0 Å². The third-order valence-electron chi connectivity index (χ3n) is 4.82. The van der Waals surface area contributed by atoms with Crippen LogP contribution in [0.5, 0.6) is 0 Å². The zero-order valence-electron chi connectivity index (χ0n) is 11.9. The largest absolute Gasteiger partial charge is 0.377 e. The summed E-state index contributed by atoms with van der Waals surface area (Å²) < 4.78 is 5.64. The summed E-state index contributed by atoms with van der Waals surface area (Å²) in [5.41, 5.74) is -0.0897. The Morgan fingerprint density at radius 2 is 1.94 bits per heavy atom. The SMILES string of the molecule is CC1OCCC1N(C)CC1(C=O)CCCCCC1. The predicted octanol–water partition coefficient (Wildman–Crippen LogP) is 2.64. The first-order chi connectivity index (χ1) is 8.67. The molecule has 0 radical (unpaired) electrons. The molecule has 1 saturated carbocycles. The van der Waals surface area contributed by atoms with Crippen molar-refractivity contribution in [2.75, 3.05) is 20.2 Å². The van der Waals surface area contributed by atoms with E-state index < -0.39 is 0 Å². The van der Waals surface area contributed by atoms with Gasteiger partial charge in [-0.25, -0.2) is 0 Å². The van der Waals surface area contributed by atoms with E-state index in [2.05, 4.69) is 18.9 Å². The molecule has 3 nitrogen and oxygen atoms in total. The Morgan fingerprint density at radius 1 is 1.28 bits per heavy atom. The predicted molar refractivity (Wildman–Crippen MR) is 72.6 cm³/mol. The summed E-state index contributed by atoms with van der Waals surface area (Å²) in [6, 6.07) is 0.491. The molecule has 0 aromatic heterocycles. The Bertz CT molecular complexity index is 272. The Hall–Kier alpha value is -0.410. The minimum Gasteiger partial charge on any atom is -0.377 e. The molecule has 0 bridgehead atoms. The van der Waals surface area contributed by atoms with Crippen LogP contribution in [0.1, 0.15) is 51.9 Å². The third-order valence-corrected chi connectivity index (χ3v) is 4.82. The standard InChI is InChI=1S/C15H27NO2/c1-13-14(7-10-18-13)16(2)11-15(12-17)8-5-3-4-6-9-15/h12-14H,3-11H2,1-2H3. The molecule has 2 aliphatic rings. The first-order valence-electron chi connectivity index (χ1n) is 7.45. The van der Waals surface area contributed by atoms with Gasteiger partial charge in [-0.2, -0.15) is 0 Å². The van der Waals surface area contributed by atoms with Gasteiger partial charge in [-0.15, -0.1) is 0 Å². The van der Waals surface area contributed by atoms with Crippen LogP contribution in [0.15, 0.2) is 0 Å². The van der Waals surface area contributed by atoms with E-state index in [1.54, 1.807) is 0 Å². The van der Waals surface area contributed by atoms with Crippen molar-refractivity contribution in [3.05, 3.63) is 0 Å². The van der Waals surface area contributed by atoms with Crippen molar-refractivity contribution in [1.82, 2.24) is 4.90 Å². The Labute approximate surface area is 111 Å². The molecule has 18 heavy (non-hydrogen) atoms. The van der Waals surface area contributed by atoms with Gasteiger partial charge in [0.25, 0.3) is 0 Å². The quantitative estimate of drug-likeness (QED) is 0.570. The number of rotatable bonds is 4. The topological polar surface area (TPSA) is 29.5 Å². The van der Waals surface area contributed by atoms with Crippen LogP contribution >= 0.6 is 0 Å². The summed E-state index contributed by atoms with van der Waals surface area (Å²) in [5, 5.41) is 0. The van der Waals surface area contributed by atoms with Gasteiger partial charge < -0.3 is 9.53 Å². The molecule has 2 atom stereocenters. The summed E-state index contributed by atoms with van der Waals surface area (Å²) in [6.07, 6.45) is 9.81. The lowest BCUT2D eigenvalue weighted by Crippen LogP contribution is -2.44. The normalized spacial score (nSPS) is 32.4. The highest BCUT2D eigenvalue weighted by Gasteiger charge is 2.36. The number of hydrogen-bond donors (Lipinski definition) is 0. The fourth-order valence-corrected chi connectivity index (χ4v) is 3.66. The van der Waals surface area contributed by atoms with Gasteiger partial charge in [-0.05, 0) is 33.2 Å². The van der Waals surface area contributed by atoms with Crippen LogP contribution in [0.4, 0.5) is 0 Å². The lowest BCUT2D eigenvalue weighted by molar-refractivity contribution is -0.118. The Balaban J connectivity index is 1.97. The molecule has 2 unspecified atom stereocenters. The summed E-state index contributed by atoms with van der Waals surface area (Å²) >= 11 is 0. The van der Waals surface area contributed by atoms with Crippen molar-refractivity contribution in [2.45, 2.75) is 64.0 Å². The fourth-order valence-electron chi connectivity index (χ4n) is 3.66. The van der Waals surface area contributed by atoms with Crippen LogP contribution in [0, 0.1) is 5.41 Å². The third kappa shape index (κ3) is 3.12. The molecule has 0 aromatic carbocycles. The highest BCUT2D eigenvalue weighted by atomic mass is 16.5. The number of aldehydes is 1. The van der Waals surface area contributed by atoms with Gasteiger partial charge in [0.15, 0.2) is 0 Å². The molecule has 0 spiro atoms. The minimum atomic E-state index is -0.0897. The van der Waals surface area contributed by atoms with Gasteiger partial charge in [0.05, 0.1) is 6.10 Å². The molecule has 0 aromatic rings. The van der Waals surface area contributed by atoms with Gasteiger partial charge in [-0.1, -0.05) is 25.7 Å². The van der Waals surface area contributed by atoms with Crippen LogP contribution in [-0.2, 0) is 9.53 Å². The van der Waals surface area contributed by atoms with Crippen LogP contribution in [-0.4, -0.2) is 43.5 Å². The molecule has 0 amide bonds. The van der Waals surface area contributed by atoms with E-state index in [9.17, 15) is 4.79 Å². The Morgan fingerprint density at radius 3 is 2.44 bits per heavy atom. The van der Waals surface area contributed by atoms with E-state index in [0.29, 0.717) is 12.1 Å². The monoisotopic (exact) mass is 253 g/mol. The van der Waals surface area contributed by atoms with E-state index >= 15 is 0 Å². The van der Waals surface area contributed by atoms with E-state index in [-0.39, 0.29) is 5.41 Å². The molecule has 104 valence electrons. The van der Waals surface area contributed by atoms with Crippen LogP contribution in [0.25, 0.3) is 0 Å². The van der Waals surface area contributed by atoms with Crippen LogP contribution in [0.3, 0.4) is 0 Å². The highest BCUT2D eigenvalue weighted by Crippen LogP contribution is 2.35. The Kier molecular flexibility index (Phi) is 4.79. The van der Waals surface area contributed by atoms with Gasteiger partial charge in [-0.3, -0.25) is 4.90 Å².